The minimum absolute atomic E-state index is 0.352. The van der Waals surface area contributed by atoms with Gasteiger partial charge in [0.1, 0.15) is 0 Å². The second-order valence-corrected chi connectivity index (χ2v) is 6.14. The van der Waals surface area contributed by atoms with Crippen molar-refractivity contribution in [3.05, 3.63) is 23.8 Å². The molecule has 1 N–H and O–H groups in total. The highest BCUT2D eigenvalue weighted by Crippen LogP contribution is 2.32. The molecule has 116 valence electrons. The highest BCUT2D eigenvalue weighted by molar-refractivity contribution is 5.44. The molecule has 2 aliphatic heterocycles. The van der Waals surface area contributed by atoms with Crippen LogP contribution in [0.25, 0.3) is 0 Å². The number of nitrogens with one attached hydrogen (secondary N) is 1. The van der Waals surface area contributed by atoms with E-state index in [1.807, 2.05) is 6.07 Å². The largest absolute Gasteiger partial charge is 0.454 e. The van der Waals surface area contributed by atoms with Gasteiger partial charge in [-0.15, -0.1) is 0 Å². The quantitative estimate of drug-likeness (QED) is 0.873. The van der Waals surface area contributed by atoms with Gasteiger partial charge in [0.2, 0.25) is 6.79 Å². The van der Waals surface area contributed by atoms with Crippen LogP contribution in [0.5, 0.6) is 11.5 Å². The van der Waals surface area contributed by atoms with Crippen LogP contribution < -0.4 is 14.8 Å². The van der Waals surface area contributed by atoms with Gasteiger partial charge >= 0.3 is 0 Å². The van der Waals surface area contributed by atoms with E-state index in [1.54, 1.807) is 0 Å². The van der Waals surface area contributed by atoms with E-state index in [4.69, 9.17) is 9.47 Å². The van der Waals surface area contributed by atoms with Crippen molar-refractivity contribution in [2.45, 2.75) is 32.7 Å². The summed E-state index contributed by atoms with van der Waals surface area (Å²) < 4.78 is 10.9. The van der Waals surface area contributed by atoms with E-state index < -0.39 is 0 Å². The maximum atomic E-state index is 5.48. The molecule has 0 amide bonds. The molecule has 21 heavy (non-hydrogen) atoms. The van der Waals surface area contributed by atoms with Gasteiger partial charge in [-0.2, -0.15) is 0 Å². The topological polar surface area (TPSA) is 33.7 Å². The summed E-state index contributed by atoms with van der Waals surface area (Å²) in [6.07, 6.45) is 3.87. The molecule has 1 aromatic rings. The van der Waals surface area contributed by atoms with Gasteiger partial charge in [-0.1, -0.05) is 13.0 Å². The van der Waals surface area contributed by atoms with Crippen LogP contribution in [0.4, 0.5) is 0 Å². The molecule has 2 heterocycles. The van der Waals surface area contributed by atoms with Gasteiger partial charge in [0, 0.05) is 13.1 Å². The van der Waals surface area contributed by atoms with Crippen molar-refractivity contribution < 1.29 is 9.47 Å². The van der Waals surface area contributed by atoms with E-state index in [2.05, 4.69) is 29.3 Å². The first-order valence-electron chi connectivity index (χ1n) is 8.16. The lowest BCUT2D eigenvalue weighted by molar-refractivity contribution is 0.173. The van der Waals surface area contributed by atoms with E-state index in [0.29, 0.717) is 6.79 Å². The van der Waals surface area contributed by atoms with Crippen LogP contribution in [-0.2, 0) is 6.54 Å². The van der Waals surface area contributed by atoms with Gasteiger partial charge in [-0.25, -0.2) is 0 Å². The summed E-state index contributed by atoms with van der Waals surface area (Å²) in [4.78, 5) is 2.58. The first kappa shape index (κ1) is 14.7. The lowest BCUT2D eigenvalue weighted by atomic mass is 9.98. The summed E-state index contributed by atoms with van der Waals surface area (Å²) >= 11 is 0. The van der Waals surface area contributed by atoms with Crippen molar-refractivity contribution in [2.24, 2.45) is 5.92 Å². The lowest BCUT2D eigenvalue weighted by Gasteiger charge is -2.30. The Bertz CT molecular complexity index is 458. The van der Waals surface area contributed by atoms with Gasteiger partial charge in [0.05, 0.1) is 0 Å². The molecule has 4 heteroatoms. The molecule has 4 nitrogen and oxygen atoms in total. The summed E-state index contributed by atoms with van der Waals surface area (Å²) in [6, 6.07) is 6.32. The maximum Gasteiger partial charge on any atom is 0.231 e. The van der Waals surface area contributed by atoms with Crippen molar-refractivity contribution in [3.8, 4) is 11.5 Å². The first-order valence-corrected chi connectivity index (χ1v) is 8.16. The molecule has 0 aliphatic carbocycles. The van der Waals surface area contributed by atoms with Crippen molar-refractivity contribution in [1.82, 2.24) is 10.2 Å². The predicted octanol–water partition coefficient (Wildman–Crippen LogP) is 2.63. The van der Waals surface area contributed by atoms with E-state index >= 15 is 0 Å². The predicted molar refractivity (Wildman–Crippen MR) is 83.7 cm³/mol. The van der Waals surface area contributed by atoms with E-state index in [9.17, 15) is 0 Å². The zero-order valence-electron chi connectivity index (χ0n) is 12.9. The second-order valence-electron chi connectivity index (χ2n) is 6.14. The number of ether oxygens (including phenoxy) is 2. The fraction of sp³-hybridized carbons (Fsp3) is 0.647. The third kappa shape index (κ3) is 3.89. The molecule has 2 aliphatic rings. The molecule has 0 spiro atoms. The summed E-state index contributed by atoms with van der Waals surface area (Å²) in [7, 11) is 0. The minimum Gasteiger partial charge on any atom is -0.454 e. The van der Waals surface area contributed by atoms with Crippen LogP contribution in [0.1, 0.15) is 31.7 Å². The third-order valence-corrected chi connectivity index (χ3v) is 4.30. The molecule has 0 aromatic heterocycles. The highest BCUT2D eigenvalue weighted by atomic mass is 16.7. The maximum absolute atomic E-state index is 5.48. The second kappa shape index (κ2) is 7.14. The zero-order valence-corrected chi connectivity index (χ0v) is 12.9. The number of fused-ring (bicyclic) bond motifs is 1. The van der Waals surface area contributed by atoms with Crippen molar-refractivity contribution in [2.75, 3.05) is 33.0 Å². The SMILES string of the molecule is CCCN(Cc1ccc2c(c1)OCO2)CC1CCCNC1. The van der Waals surface area contributed by atoms with E-state index in [1.165, 1.54) is 44.5 Å². The number of nitrogens with zero attached hydrogens (tertiary/aromatic N) is 1. The fourth-order valence-electron chi connectivity index (χ4n) is 3.29. The molecular weight excluding hydrogens is 264 g/mol. The molecule has 0 saturated carbocycles. The fourth-order valence-corrected chi connectivity index (χ4v) is 3.29. The molecule has 1 unspecified atom stereocenters. The molecule has 0 radical (unpaired) electrons. The van der Waals surface area contributed by atoms with Crippen LogP contribution in [0.2, 0.25) is 0 Å². The Labute approximate surface area is 127 Å². The Morgan fingerprint density at radius 3 is 3.00 bits per heavy atom. The van der Waals surface area contributed by atoms with Crippen molar-refractivity contribution >= 4 is 0 Å². The average Bonchev–Trinajstić information content (AvgIpc) is 2.96. The van der Waals surface area contributed by atoms with Crippen LogP contribution in [-0.4, -0.2) is 37.9 Å². The van der Waals surface area contributed by atoms with Crippen LogP contribution in [0.3, 0.4) is 0 Å². The van der Waals surface area contributed by atoms with Crippen molar-refractivity contribution in [1.29, 1.82) is 0 Å². The summed E-state index contributed by atoms with van der Waals surface area (Å²) in [5, 5.41) is 3.52. The monoisotopic (exact) mass is 290 g/mol. The smallest absolute Gasteiger partial charge is 0.231 e. The zero-order chi connectivity index (χ0) is 14.5. The molecule has 3 rings (SSSR count). The molecular formula is C17H26N2O2. The highest BCUT2D eigenvalue weighted by Gasteiger charge is 2.18. The van der Waals surface area contributed by atoms with Gasteiger partial charge < -0.3 is 14.8 Å². The van der Waals surface area contributed by atoms with E-state index in [0.717, 1.165) is 30.5 Å². The van der Waals surface area contributed by atoms with Gasteiger partial charge in [0.15, 0.2) is 11.5 Å². The normalized spacial score (nSPS) is 21.0. The van der Waals surface area contributed by atoms with Gasteiger partial charge in [-0.3, -0.25) is 4.90 Å². The minimum atomic E-state index is 0.352. The van der Waals surface area contributed by atoms with E-state index in [-0.39, 0.29) is 0 Å². The Kier molecular flexibility index (Phi) is 4.99. The Balaban J connectivity index is 1.61. The van der Waals surface area contributed by atoms with Crippen LogP contribution >= 0.6 is 0 Å². The Hall–Kier alpha value is -1.26. The molecule has 1 aromatic carbocycles. The molecule has 1 saturated heterocycles. The number of benzene rings is 1. The number of rotatable bonds is 6. The summed E-state index contributed by atoms with van der Waals surface area (Å²) in [5.74, 6) is 2.56. The van der Waals surface area contributed by atoms with Gasteiger partial charge in [-0.05, 0) is 62.5 Å². The number of hydrogen-bond acceptors (Lipinski definition) is 4. The Morgan fingerprint density at radius 2 is 2.19 bits per heavy atom. The summed E-state index contributed by atoms with van der Waals surface area (Å²) in [5.41, 5.74) is 1.32. The summed E-state index contributed by atoms with van der Waals surface area (Å²) in [6.45, 7) is 8.31. The molecule has 0 bridgehead atoms. The lowest BCUT2D eigenvalue weighted by Crippen LogP contribution is -2.38. The van der Waals surface area contributed by atoms with Gasteiger partial charge in [0.25, 0.3) is 0 Å². The Morgan fingerprint density at radius 1 is 1.29 bits per heavy atom. The average molecular weight is 290 g/mol. The van der Waals surface area contributed by atoms with Crippen LogP contribution in [0, 0.1) is 5.92 Å². The molecule has 1 atom stereocenters. The first-order chi connectivity index (χ1) is 10.3. The molecule has 1 fully saturated rings. The number of hydrogen-bond donors (Lipinski definition) is 1. The van der Waals surface area contributed by atoms with Crippen LogP contribution in [0.15, 0.2) is 18.2 Å². The third-order valence-electron chi connectivity index (χ3n) is 4.30. The number of piperidine rings is 1. The standard InChI is InChI=1S/C17H26N2O2/c1-2-8-19(12-15-4-3-7-18-10-15)11-14-5-6-16-17(9-14)21-13-20-16/h5-6,9,15,18H,2-4,7-8,10-13H2,1H3. The van der Waals surface area contributed by atoms with Crippen molar-refractivity contribution in [3.63, 3.8) is 0 Å².